The Morgan fingerprint density at radius 1 is 1.45 bits per heavy atom. The van der Waals surface area contributed by atoms with Crippen LogP contribution in [0.25, 0.3) is 0 Å². The first-order chi connectivity index (χ1) is 9.28. The van der Waals surface area contributed by atoms with Crippen LogP contribution in [0.15, 0.2) is 10.9 Å². The van der Waals surface area contributed by atoms with Gasteiger partial charge in [-0.1, -0.05) is 0 Å². The number of ether oxygens (including phenoxy) is 1. The number of amides is 1. The fraction of sp³-hybridized carbons (Fsp3) is 0.714. The van der Waals surface area contributed by atoms with E-state index in [0.29, 0.717) is 0 Å². The summed E-state index contributed by atoms with van der Waals surface area (Å²) in [7, 11) is 0. The van der Waals surface area contributed by atoms with Crippen LogP contribution in [-0.2, 0) is 4.74 Å². The maximum absolute atomic E-state index is 11.6. The van der Waals surface area contributed by atoms with Gasteiger partial charge in [-0.3, -0.25) is 0 Å². The molecule has 0 aromatic carbocycles. The predicted octanol–water partition coefficient (Wildman–Crippen LogP) is 3.10. The van der Waals surface area contributed by atoms with Crippen LogP contribution in [0.3, 0.4) is 0 Å². The van der Waals surface area contributed by atoms with E-state index < -0.39 is 5.60 Å². The topological polar surface area (TPSA) is 63.2 Å². The maximum atomic E-state index is 11.6. The van der Waals surface area contributed by atoms with Gasteiger partial charge >= 0.3 is 6.09 Å². The highest BCUT2D eigenvalue weighted by Gasteiger charge is 2.17. The molecule has 0 spiro atoms. The van der Waals surface area contributed by atoms with Crippen LogP contribution >= 0.6 is 11.3 Å². The third-order valence-corrected chi connectivity index (χ3v) is 3.29. The lowest BCUT2D eigenvalue weighted by Gasteiger charge is -2.22. The van der Waals surface area contributed by atoms with Gasteiger partial charge < -0.3 is 15.4 Å². The number of nitrogens with zero attached hydrogens (tertiary/aromatic N) is 1. The van der Waals surface area contributed by atoms with Gasteiger partial charge in [0.2, 0.25) is 0 Å². The van der Waals surface area contributed by atoms with Gasteiger partial charge in [0, 0.05) is 17.5 Å². The Kier molecular flexibility index (Phi) is 6.42. The Morgan fingerprint density at radius 2 is 2.15 bits per heavy atom. The van der Waals surface area contributed by atoms with Crippen LogP contribution in [0.1, 0.15) is 52.8 Å². The fourth-order valence-corrected chi connectivity index (χ4v) is 2.29. The Hall–Kier alpha value is -1.14. The molecule has 0 radical (unpaired) electrons. The number of aromatic nitrogens is 1. The minimum atomic E-state index is -0.457. The molecule has 0 aliphatic heterocycles. The second-order valence-electron chi connectivity index (χ2n) is 5.93. The highest BCUT2D eigenvalue weighted by molar-refractivity contribution is 7.07. The molecule has 114 valence electrons. The summed E-state index contributed by atoms with van der Waals surface area (Å²) in [6.45, 7) is 10.4. The third kappa shape index (κ3) is 6.86. The molecule has 0 saturated carbocycles. The van der Waals surface area contributed by atoms with Gasteiger partial charge in [0.25, 0.3) is 0 Å². The molecule has 0 saturated heterocycles. The number of thiazole rings is 1. The van der Waals surface area contributed by atoms with Gasteiger partial charge in [0.05, 0.1) is 11.2 Å². The van der Waals surface area contributed by atoms with Gasteiger partial charge in [-0.2, -0.15) is 0 Å². The van der Waals surface area contributed by atoms with E-state index in [4.69, 9.17) is 4.74 Å². The van der Waals surface area contributed by atoms with E-state index >= 15 is 0 Å². The standard InChI is InChI=1S/C14H25N3O2S/c1-10(17-13(18)19-14(3,4)5)6-7-15-11(2)12-8-20-9-16-12/h8-11,15H,6-7H2,1-5H3,(H,17,18). The quantitative estimate of drug-likeness (QED) is 0.847. The summed E-state index contributed by atoms with van der Waals surface area (Å²) in [5.41, 5.74) is 2.43. The lowest BCUT2D eigenvalue weighted by Crippen LogP contribution is -2.39. The highest BCUT2D eigenvalue weighted by Crippen LogP contribution is 2.11. The molecule has 1 heterocycles. The monoisotopic (exact) mass is 299 g/mol. The SMILES string of the molecule is CC(CCNC(C)c1cscn1)NC(=O)OC(C)(C)C. The van der Waals surface area contributed by atoms with Crippen molar-refractivity contribution >= 4 is 17.4 Å². The second-order valence-corrected chi connectivity index (χ2v) is 6.64. The summed E-state index contributed by atoms with van der Waals surface area (Å²) in [5, 5.41) is 8.26. The predicted molar refractivity (Wildman–Crippen MR) is 82.0 cm³/mol. The third-order valence-electron chi connectivity index (χ3n) is 2.69. The van der Waals surface area contributed by atoms with Crippen molar-refractivity contribution in [1.29, 1.82) is 0 Å². The van der Waals surface area contributed by atoms with Crippen LogP contribution in [0.4, 0.5) is 4.79 Å². The van der Waals surface area contributed by atoms with Crippen molar-refractivity contribution in [2.45, 2.75) is 58.7 Å². The number of hydrogen-bond acceptors (Lipinski definition) is 5. The van der Waals surface area contributed by atoms with E-state index in [2.05, 4.69) is 22.5 Å². The molecule has 0 aliphatic rings. The molecule has 0 aliphatic carbocycles. The normalized spacial score (nSPS) is 14.7. The van der Waals surface area contributed by atoms with Gasteiger partial charge in [-0.05, 0) is 47.6 Å². The van der Waals surface area contributed by atoms with E-state index in [1.807, 2.05) is 38.6 Å². The molecule has 5 nitrogen and oxygen atoms in total. The number of hydrogen-bond donors (Lipinski definition) is 2. The van der Waals surface area contributed by atoms with Crippen LogP contribution in [-0.4, -0.2) is 29.3 Å². The molecule has 0 bridgehead atoms. The molecular weight excluding hydrogens is 274 g/mol. The van der Waals surface area contributed by atoms with Crippen molar-refractivity contribution in [3.05, 3.63) is 16.6 Å². The average molecular weight is 299 g/mol. The minimum absolute atomic E-state index is 0.0694. The van der Waals surface area contributed by atoms with Crippen molar-refractivity contribution in [1.82, 2.24) is 15.6 Å². The molecule has 2 unspecified atom stereocenters. The Bertz CT molecular complexity index is 401. The molecule has 1 aromatic rings. The lowest BCUT2D eigenvalue weighted by atomic mass is 10.2. The Balaban J connectivity index is 2.20. The van der Waals surface area contributed by atoms with Gasteiger partial charge in [0.15, 0.2) is 0 Å². The number of alkyl carbamates (subject to hydrolysis) is 1. The summed E-state index contributed by atoms with van der Waals surface area (Å²) < 4.78 is 5.22. The van der Waals surface area contributed by atoms with Crippen LogP contribution < -0.4 is 10.6 Å². The second kappa shape index (κ2) is 7.59. The van der Waals surface area contributed by atoms with Gasteiger partial charge in [-0.25, -0.2) is 9.78 Å². The average Bonchev–Trinajstić information content (AvgIpc) is 2.78. The first-order valence-electron chi connectivity index (χ1n) is 6.89. The van der Waals surface area contributed by atoms with Gasteiger partial charge in [-0.15, -0.1) is 11.3 Å². The van der Waals surface area contributed by atoms with E-state index in [1.165, 1.54) is 0 Å². The number of carbonyl (C=O) groups is 1. The zero-order valence-corrected chi connectivity index (χ0v) is 13.7. The number of rotatable bonds is 6. The molecule has 1 amide bonds. The summed E-state index contributed by atoms with van der Waals surface area (Å²) in [6.07, 6.45) is 0.478. The van der Waals surface area contributed by atoms with Crippen LogP contribution in [0, 0.1) is 0 Å². The van der Waals surface area contributed by atoms with Crippen LogP contribution in [0.2, 0.25) is 0 Å². The molecule has 20 heavy (non-hydrogen) atoms. The smallest absolute Gasteiger partial charge is 0.407 e. The van der Waals surface area contributed by atoms with Crippen molar-refractivity contribution in [2.24, 2.45) is 0 Å². The van der Waals surface area contributed by atoms with Crippen molar-refractivity contribution in [3.63, 3.8) is 0 Å². The van der Waals surface area contributed by atoms with Crippen molar-refractivity contribution < 1.29 is 9.53 Å². The summed E-state index contributed by atoms with van der Waals surface area (Å²) in [5.74, 6) is 0. The molecule has 0 fully saturated rings. The highest BCUT2D eigenvalue weighted by atomic mass is 32.1. The largest absolute Gasteiger partial charge is 0.444 e. The Morgan fingerprint density at radius 3 is 2.70 bits per heavy atom. The zero-order valence-electron chi connectivity index (χ0n) is 12.9. The molecular formula is C14H25N3O2S. The number of nitrogens with one attached hydrogen (secondary N) is 2. The first kappa shape index (κ1) is 16.9. The summed E-state index contributed by atoms with van der Waals surface area (Å²) in [6, 6.07) is 0.301. The number of carbonyl (C=O) groups excluding carboxylic acids is 1. The molecule has 6 heteroatoms. The lowest BCUT2D eigenvalue weighted by molar-refractivity contribution is 0.0506. The fourth-order valence-electron chi connectivity index (χ4n) is 1.64. The van der Waals surface area contributed by atoms with Crippen molar-refractivity contribution in [3.8, 4) is 0 Å². The first-order valence-corrected chi connectivity index (χ1v) is 7.83. The zero-order chi connectivity index (χ0) is 15.2. The molecule has 2 N–H and O–H groups in total. The summed E-state index contributed by atoms with van der Waals surface area (Å²) in [4.78, 5) is 15.9. The van der Waals surface area contributed by atoms with E-state index in [0.717, 1.165) is 18.7 Å². The minimum Gasteiger partial charge on any atom is -0.444 e. The van der Waals surface area contributed by atoms with E-state index in [-0.39, 0.29) is 18.2 Å². The molecule has 1 aromatic heterocycles. The maximum Gasteiger partial charge on any atom is 0.407 e. The van der Waals surface area contributed by atoms with Gasteiger partial charge in [0.1, 0.15) is 5.60 Å². The Labute approximate surface area is 125 Å². The molecule has 1 rings (SSSR count). The van der Waals surface area contributed by atoms with E-state index in [1.54, 1.807) is 11.3 Å². The summed E-state index contributed by atoms with van der Waals surface area (Å²) >= 11 is 1.60. The van der Waals surface area contributed by atoms with Crippen molar-refractivity contribution in [2.75, 3.05) is 6.54 Å². The molecule has 2 atom stereocenters. The van der Waals surface area contributed by atoms with Crippen LogP contribution in [0.5, 0.6) is 0 Å². The van der Waals surface area contributed by atoms with E-state index in [9.17, 15) is 4.79 Å².